The van der Waals surface area contributed by atoms with Crippen LogP contribution in [0.25, 0.3) is 0 Å². The summed E-state index contributed by atoms with van der Waals surface area (Å²) in [5.41, 5.74) is 6.01. The van der Waals surface area contributed by atoms with Gasteiger partial charge in [0.15, 0.2) is 0 Å². The van der Waals surface area contributed by atoms with Crippen LogP contribution in [0, 0.1) is 10.1 Å². The highest BCUT2D eigenvalue weighted by Gasteiger charge is 2.22. The molecule has 0 radical (unpaired) electrons. The average Bonchev–Trinajstić information content (AvgIpc) is 2.48. The van der Waals surface area contributed by atoms with Gasteiger partial charge in [-0.05, 0) is 30.7 Å². The number of non-ortho nitro benzene ring substituents is 1. The Morgan fingerprint density at radius 3 is 2.41 bits per heavy atom. The number of benzene rings is 2. The predicted molar refractivity (Wildman–Crippen MR) is 83.1 cm³/mol. The summed E-state index contributed by atoms with van der Waals surface area (Å²) < 4.78 is 27.4. The van der Waals surface area contributed by atoms with Crippen molar-refractivity contribution >= 4 is 21.4 Å². The lowest BCUT2D eigenvalue weighted by Crippen LogP contribution is -2.16. The largest absolute Gasteiger partial charge is 0.330 e. The van der Waals surface area contributed by atoms with E-state index in [0.717, 1.165) is 6.07 Å². The van der Waals surface area contributed by atoms with Gasteiger partial charge in [-0.1, -0.05) is 24.3 Å². The van der Waals surface area contributed by atoms with Gasteiger partial charge in [-0.25, -0.2) is 8.42 Å². The van der Waals surface area contributed by atoms with Crippen LogP contribution in [0.3, 0.4) is 0 Å². The molecule has 116 valence electrons. The third kappa shape index (κ3) is 3.60. The third-order valence-electron chi connectivity index (χ3n) is 2.99. The summed E-state index contributed by atoms with van der Waals surface area (Å²) in [7, 11) is -3.93. The van der Waals surface area contributed by atoms with Gasteiger partial charge in [-0.2, -0.15) is 0 Å². The number of nitrogens with two attached hydrogens (primary N) is 1. The second-order valence-electron chi connectivity index (χ2n) is 4.56. The van der Waals surface area contributed by atoms with E-state index in [2.05, 4.69) is 4.72 Å². The zero-order chi connectivity index (χ0) is 16.2. The van der Waals surface area contributed by atoms with Gasteiger partial charge in [0.1, 0.15) is 0 Å². The first-order valence-electron chi connectivity index (χ1n) is 6.49. The number of nitro benzene ring substituents is 1. The lowest BCUT2D eigenvalue weighted by molar-refractivity contribution is -0.385. The van der Waals surface area contributed by atoms with E-state index in [1.807, 2.05) is 0 Å². The lowest BCUT2D eigenvalue weighted by Gasteiger charge is -2.12. The molecule has 2 aromatic carbocycles. The van der Waals surface area contributed by atoms with Crippen LogP contribution in [0.4, 0.5) is 11.4 Å². The fraction of sp³-hybridized carbons (Fsp3) is 0.143. The first-order chi connectivity index (χ1) is 10.4. The van der Waals surface area contributed by atoms with E-state index >= 15 is 0 Å². The molecular weight excluding hydrogens is 306 g/mol. The van der Waals surface area contributed by atoms with Crippen molar-refractivity contribution in [2.75, 3.05) is 11.3 Å². The lowest BCUT2D eigenvalue weighted by atomic mass is 10.1. The molecule has 0 atom stereocenters. The van der Waals surface area contributed by atoms with Crippen molar-refractivity contribution in [1.82, 2.24) is 0 Å². The number of para-hydroxylation sites is 1. The minimum Gasteiger partial charge on any atom is -0.330 e. The molecule has 0 amide bonds. The standard InChI is InChI=1S/C14H15N3O4S/c15-9-8-11-6-7-13(17(18)19)10-14(11)22(20,21)16-12-4-2-1-3-5-12/h1-7,10,16H,8-9,15H2. The maximum absolute atomic E-state index is 12.5. The maximum atomic E-state index is 12.5. The van der Waals surface area contributed by atoms with E-state index in [4.69, 9.17) is 5.73 Å². The van der Waals surface area contributed by atoms with Crippen LogP contribution < -0.4 is 10.5 Å². The third-order valence-corrected chi connectivity index (χ3v) is 4.45. The van der Waals surface area contributed by atoms with Gasteiger partial charge in [-0.15, -0.1) is 0 Å². The van der Waals surface area contributed by atoms with Crippen LogP contribution in [-0.4, -0.2) is 19.9 Å². The maximum Gasteiger partial charge on any atom is 0.270 e. The summed E-state index contributed by atoms with van der Waals surface area (Å²) in [5, 5.41) is 10.9. The number of rotatable bonds is 6. The van der Waals surface area contributed by atoms with Gasteiger partial charge in [-0.3, -0.25) is 14.8 Å². The van der Waals surface area contributed by atoms with Gasteiger partial charge < -0.3 is 5.73 Å². The van der Waals surface area contributed by atoms with E-state index in [0.29, 0.717) is 17.7 Å². The van der Waals surface area contributed by atoms with Gasteiger partial charge in [0.2, 0.25) is 0 Å². The molecule has 3 N–H and O–H groups in total. The Hall–Kier alpha value is -2.45. The number of nitrogens with one attached hydrogen (secondary N) is 1. The van der Waals surface area contributed by atoms with E-state index in [1.54, 1.807) is 30.3 Å². The molecule has 8 heteroatoms. The van der Waals surface area contributed by atoms with Gasteiger partial charge in [0.25, 0.3) is 15.7 Å². The number of nitrogens with zero attached hydrogens (tertiary/aromatic N) is 1. The predicted octanol–water partition coefficient (Wildman–Crippen LogP) is 1.90. The summed E-state index contributed by atoms with van der Waals surface area (Å²) >= 11 is 0. The Balaban J connectivity index is 2.47. The van der Waals surface area contributed by atoms with Crippen molar-refractivity contribution in [2.24, 2.45) is 5.73 Å². The van der Waals surface area contributed by atoms with Crippen molar-refractivity contribution in [1.29, 1.82) is 0 Å². The molecule has 0 aromatic heterocycles. The molecule has 22 heavy (non-hydrogen) atoms. The van der Waals surface area contributed by atoms with Crippen LogP contribution in [0.15, 0.2) is 53.4 Å². The minimum absolute atomic E-state index is 0.129. The van der Waals surface area contributed by atoms with Crippen molar-refractivity contribution in [3.63, 3.8) is 0 Å². The highest BCUT2D eigenvalue weighted by Crippen LogP contribution is 2.24. The summed E-state index contributed by atoms with van der Waals surface area (Å²) in [5.74, 6) is 0. The Bertz CT molecular complexity index is 776. The van der Waals surface area contributed by atoms with Crippen molar-refractivity contribution in [3.05, 3.63) is 64.2 Å². The van der Waals surface area contributed by atoms with Crippen LogP contribution in [0.5, 0.6) is 0 Å². The van der Waals surface area contributed by atoms with Gasteiger partial charge in [0.05, 0.1) is 9.82 Å². The van der Waals surface area contributed by atoms with Crippen LogP contribution >= 0.6 is 0 Å². The van der Waals surface area contributed by atoms with Crippen LogP contribution in [0.1, 0.15) is 5.56 Å². The van der Waals surface area contributed by atoms with Crippen LogP contribution in [0.2, 0.25) is 0 Å². The molecular formula is C14H15N3O4S. The average molecular weight is 321 g/mol. The molecule has 2 aromatic rings. The molecule has 0 heterocycles. The molecule has 7 nitrogen and oxygen atoms in total. The number of anilines is 1. The molecule has 0 spiro atoms. The molecule has 2 rings (SSSR count). The van der Waals surface area contributed by atoms with E-state index < -0.39 is 14.9 Å². The Labute approximate surface area is 128 Å². The molecule has 0 bridgehead atoms. The molecule has 0 aliphatic heterocycles. The number of nitro groups is 1. The van der Waals surface area contributed by atoms with E-state index in [1.165, 1.54) is 12.1 Å². The monoisotopic (exact) mass is 321 g/mol. The SMILES string of the molecule is NCCc1ccc([N+](=O)[O-])cc1S(=O)(=O)Nc1ccccc1. The van der Waals surface area contributed by atoms with Crippen molar-refractivity contribution in [3.8, 4) is 0 Å². The van der Waals surface area contributed by atoms with Crippen LogP contribution in [-0.2, 0) is 16.4 Å². The quantitative estimate of drug-likeness (QED) is 0.622. The fourth-order valence-corrected chi connectivity index (χ4v) is 3.33. The minimum atomic E-state index is -3.93. The fourth-order valence-electron chi connectivity index (χ4n) is 1.99. The van der Waals surface area contributed by atoms with E-state index in [-0.39, 0.29) is 17.1 Å². The molecule has 0 fully saturated rings. The number of hydrogen-bond acceptors (Lipinski definition) is 5. The summed E-state index contributed by atoms with van der Waals surface area (Å²) in [4.78, 5) is 10.1. The normalized spacial score (nSPS) is 11.1. The summed E-state index contributed by atoms with van der Waals surface area (Å²) in [6.07, 6.45) is 0.309. The molecule has 0 aliphatic carbocycles. The van der Waals surface area contributed by atoms with E-state index in [9.17, 15) is 18.5 Å². The smallest absolute Gasteiger partial charge is 0.270 e. The van der Waals surface area contributed by atoms with Gasteiger partial charge in [0, 0.05) is 17.8 Å². The number of hydrogen-bond donors (Lipinski definition) is 2. The number of sulfonamides is 1. The van der Waals surface area contributed by atoms with Crippen molar-refractivity contribution in [2.45, 2.75) is 11.3 Å². The molecule has 0 unspecified atom stereocenters. The first-order valence-corrected chi connectivity index (χ1v) is 7.97. The second-order valence-corrected chi connectivity index (χ2v) is 6.21. The summed E-state index contributed by atoms with van der Waals surface area (Å²) in [6, 6.07) is 12.1. The Morgan fingerprint density at radius 2 is 1.82 bits per heavy atom. The first kappa shape index (κ1) is 15.9. The van der Waals surface area contributed by atoms with Gasteiger partial charge >= 0.3 is 0 Å². The molecule has 0 aliphatic rings. The Kier molecular flexibility index (Phi) is 4.74. The Morgan fingerprint density at radius 1 is 1.14 bits per heavy atom. The molecule has 0 saturated heterocycles. The van der Waals surface area contributed by atoms with Crippen molar-refractivity contribution < 1.29 is 13.3 Å². The zero-order valence-corrected chi connectivity index (χ0v) is 12.4. The molecule has 0 saturated carbocycles. The second kappa shape index (κ2) is 6.54. The summed E-state index contributed by atoms with van der Waals surface area (Å²) in [6.45, 7) is 0.242. The topological polar surface area (TPSA) is 115 Å². The highest BCUT2D eigenvalue weighted by atomic mass is 32.2. The zero-order valence-electron chi connectivity index (χ0n) is 11.6. The highest BCUT2D eigenvalue weighted by molar-refractivity contribution is 7.92.